The molecular weight excluding hydrogens is 273 g/mol. The fourth-order valence-electron chi connectivity index (χ4n) is 2.02. The van der Waals surface area contributed by atoms with E-state index in [1.54, 1.807) is 24.0 Å². The Morgan fingerprint density at radius 1 is 1.35 bits per heavy atom. The summed E-state index contributed by atoms with van der Waals surface area (Å²) in [6.45, 7) is 8.02. The summed E-state index contributed by atoms with van der Waals surface area (Å²) in [6.07, 6.45) is 1.73. The minimum absolute atomic E-state index is 0.274. The molecule has 0 saturated heterocycles. The van der Waals surface area contributed by atoms with Crippen molar-refractivity contribution in [1.29, 1.82) is 0 Å². The highest BCUT2D eigenvalue weighted by Crippen LogP contribution is 2.26. The number of nitrogens with zero attached hydrogens (tertiary/aromatic N) is 2. The van der Waals surface area contributed by atoms with Gasteiger partial charge < -0.3 is 10.1 Å². The molecule has 0 aliphatic carbocycles. The average Bonchev–Trinajstić information content (AvgIpc) is 2.77. The highest BCUT2D eigenvalue weighted by Gasteiger charge is 2.14. The average molecular weight is 295 g/mol. The van der Waals surface area contributed by atoms with Crippen LogP contribution in [0, 0.1) is 5.82 Å². The summed E-state index contributed by atoms with van der Waals surface area (Å²) in [7, 11) is 0.623. The van der Waals surface area contributed by atoms with Gasteiger partial charge in [-0.15, -0.1) is 0 Å². The SMILES string of the molecule is CNc1c(F)ccc2cnn(COCC[Si](C)(C)C)c12. The van der Waals surface area contributed by atoms with Gasteiger partial charge in [-0.05, 0) is 18.2 Å². The molecule has 6 heteroatoms. The van der Waals surface area contributed by atoms with Gasteiger partial charge in [-0.2, -0.15) is 5.10 Å². The standard InChI is InChI=1S/C14H22FN3OSi/c1-16-13-12(15)6-5-11-9-17-18(14(11)13)10-19-7-8-20(2,3)4/h5-6,9,16H,7-8,10H2,1-4H3. The van der Waals surface area contributed by atoms with E-state index < -0.39 is 8.07 Å². The summed E-state index contributed by atoms with van der Waals surface area (Å²) >= 11 is 0. The second-order valence-electron chi connectivity index (χ2n) is 6.10. The van der Waals surface area contributed by atoms with Crippen molar-refractivity contribution in [2.24, 2.45) is 0 Å². The maximum atomic E-state index is 13.8. The van der Waals surface area contributed by atoms with Gasteiger partial charge in [0.2, 0.25) is 0 Å². The molecule has 0 atom stereocenters. The zero-order valence-corrected chi connectivity index (χ0v) is 13.5. The lowest BCUT2D eigenvalue weighted by molar-refractivity contribution is 0.0817. The van der Waals surface area contributed by atoms with E-state index in [4.69, 9.17) is 4.74 Å². The Morgan fingerprint density at radius 3 is 2.75 bits per heavy atom. The molecule has 0 radical (unpaired) electrons. The number of hydrogen-bond donors (Lipinski definition) is 1. The molecule has 20 heavy (non-hydrogen) atoms. The van der Waals surface area contributed by atoms with Gasteiger partial charge in [-0.3, -0.25) is 0 Å². The van der Waals surface area contributed by atoms with Crippen LogP contribution in [0.25, 0.3) is 10.9 Å². The summed E-state index contributed by atoms with van der Waals surface area (Å²) in [6, 6.07) is 4.29. The van der Waals surface area contributed by atoms with E-state index in [1.807, 2.05) is 0 Å². The van der Waals surface area contributed by atoms with Crippen molar-refractivity contribution in [2.75, 3.05) is 19.0 Å². The number of fused-ring (bicyclic) bond motifs is 1. The molecule has 1 heterocycles. The van der Waals surface area contributed by atoms with Crippen LogP contribution in [0.1, 0.15) is 0 Å². The smallest absolute Gasteiger partial charge is 0.148 e. The number of aromatic nitrogens is 2. The Balaban J connectivity index is 2.13. The fourth-order valence-corrected chi connectivity index (χ4v) is 2.78. The van der Waals surface area contributed by atoms with E-state index >= 15 is 0 Å². The molecule has 0 unspecified atom stereocenters. The number of rotatable bonds is 6. The van der Waals surface area contributed by atoms with Crippen LogP contribution in [0.4, 0.5) is 10.1 Å². The van der Waals surface area contributed by atoms with Crippen LogP contribution in [-0.2, 0) is 11.5 Å². The molecule has 4 nitrogen and oxygen atoms in total. The van der Waals surface area contributed by atoms with E-state index in [1.165, 1.54) is 6.07 Å². The lowest BCUT2D eigenvalue weighted by Crippen LogP contribution is -2.22. The van der Waals surface area contributed by atoms with Gasteiger partial charge in [0, 0.05) is 27.1 Å². The lowest BCUT2D eigenvalue weighted by Gasteiger charge is -2.15. The third-order valence-corrected chi connectivity index (χ3v) is 4.92. The van der Waals surface area contributed by atoms with Crippen molar-refractivity contribution in [1.82, 2.24) is 9.78 Å². The highest BCUT2D eigenvalue weighted by atomic mass is 28.3. The molecule has 0 aliphatic heterocycles. The van der Waals surface area contributed by atoms with Crippen molar-refractivity contribution >= 4 is 24.7 Å². The van der Waals surface area contributed by atoms with Gasteiger partial charge in [-0.25, -0.2) is 9.07 Å². The summed E-state index contributed by atoms with van der Waals surface area (Å²) in [5.74, 6) is -0.274. The Kier molecular flexibility index (Phi) is 4.44. The first-order valence-electron chi connectivity index (χ1n) is 6.82. The van der Waals surface area contributed by atoms with Crippen LogP contribution in [0.5, 0.6) is 0 Å². The maximum Gasteiger partial charge on any atom is 0.148 e. The van der Waals surface area contributed by atoms with Crippen molar-refractivity contribution in [3.63, 3.8) is 0 Å². The molecule has 1 N–H and O–H groups in total. The van der Waals surface area contributed by atoms with Crippen LogP contribution in [-0.4, -0.2) is 31.5 Å². The summed E-state index contributed by atoms with van der Waals surface area (Å²) < 4.78 is 21.2. The molecule has 0 amide bonds. The first-order chi connectivity index (χ1) is 9.42. The Labute approximate surface area is 119 Å². The lowest BCUT2D eigenvalue weighted by atomic mass is 10.2. The Morgan fingerprint density at radius 2 is 2.10 bits per heavy atom. The third kappa shape index (κ3) is 3.37. The van der Waals surface area contributed by atoms with Gasteiger partial charge >= 0.3 is 0 Å². The third-order valence-electron chi connectivity index (χ3n) is 3.21. The number of benzene rings is 1. The van der Waals surface area contributed by atoms with Gasteiger partial charge in [-0.1, -0.05) is 19.6 Å². The molecule has 0 bridgehead atoms. The number of anilines is 1. The van der Waals surface area contributed by atoms with Crippen molar-refractivity contribution in [3.05, 3.63) is 24.1 Å². The van der Waals surface area contributed by atoms with Gasteiger partial charge in [0.15, 0.2) is 0 Å². The molecule has 1 aromatic carbocycles. The molecule has 0 spiro atoms. The van der Waals surface area contributed by atoms with Crippen LogP contribution >= 0.6 is 0 Å². The minimum atomic E-state index is -1.09. The minimum Gasteiger partial charge on any atom is -0.384 e. The number of nitrogens with one attached hydrogen (secondary N) is 1. The summed E-state index contributed by atoms with van der Waals surface area (Å²) in [5, 5.41) is 8.08. The van der Waals surface area contributed by atoms with E-state index in [-0.39, 0.29) is 5.82 Å². The zero-order valence-electron chi connectivity index (χ0n) is 12.5. The van der Waals surface area contributed by atoms with Gasteiger partial charge in [0.05, 0.1) is 17.4 Å². The fraction of sp³-hybridized carbons (Fsp3) is 0.500. The van der Waals surface area contributed by atoms with Gasteiger partial charge in [0.1, 0.15) is 12.5 Å². The quantitative estimate of drug-likeness (QED) is 0.654. The van der Waals surface area contributed by atoms with Crippen LogP contribution < -0.4 is 5.32 Å². The summed E-state index contributed by atoms with van der Waals surface area (Å²) in [5.41, 5.74) is 1.22. The number of ether oxygens (including phenoxy) is 1. The topological polar surface area (TPSA) is 39.1 Å². The molecule has 0 fully saturated rings. The number of hydrogen-bond acceptors (Lipinski definition) is 3. The monoisotopic (exact) mass is 295 g/mol. The van der Waals surface area contributed by atoms with Crippen molar-refractivity contribution < 1.29 is 9.13 Å². The summed E-state index contributed by atoms with van der Waals surface area (Å²) in [4.78, 5) is 0. The van der Waals surface area contributed by atoms with E-state index in [2.05, 4.69) is 30.1 Å². The molecular formula is C14H22FN3OSi. The first-order valence-corrected chi connectivity index (χ1v) is 10.5. The van der Waals surface area contributed by atoms with Crippen molar-refractivity contribution in [2.45, 2.75) is 32.4 Å². The van der Waals surface area contributed by atoms with Crippen LogP contribution in [0.3, 0.4) is 0 Å². The molecule has 2 rings (SSSR count). The van der Waals surface area contributed by atoms with Crippen LogP contribution in [0.2, 0.25) is 25.7 Å². The second-order valence-corrected chi connectivity index (χ2v) is 11.7. The Bertz CT molecular complexity index is 592. The van der Waals surface area contributed by atoms with Gasteiger partial charge in [0.25, 0.3) is 0 Å². The first kappa shape index (κ1) is 15.0. The maximum absolute atomic E-state index is 13.8. The van der Waals surface area contributed by atoms with Crippen molar-refractivity contribution in [3.8, 4) is 0 Å². The zero-order chi connectivity index (χ0) is 14.8. The predicted molar refractivity (Wildman–Crippen MR) is 83.3 cm³/mol. The number of halogens is 1. The highest BCUT2D eigenvalue weighted by molar-refractivity contribution is 6.76. The molecule has 2 aromatic rings. The van der Waals surface area contributed by atoms with E-state index in [9.17, 15) is 4.39 Å². The van der Waals surface area contributed by atoms with E-state index in [0.29, 0.717) is 12.4 Å². The molecule has 0 aliphatic rings. The molecule has 110 valence electrons. The second kappa shape index (κ2) is 5.93. The molecule has 0 saturated carbocycles. The normalized spacial score (nSPS) is 12.1. The predicted octanol–water partition coefficient (Wildman–Crippen LogP) is 3.53. The van der Waals surface area contributed by atoms with E-state index in [0.717, 1.165) is 23.6 Å². The largest absolute Gasteiger partial charge is 0.384 e. The molecule has 1 aromatic heterocycles. The van der Waals surface area contributed by atoms with Crippen LogP contribution in [0.15, 0.2) is 18.3 Å². The Hall–Kier alpha value is -1.40.